The van der Waals surface area contributed by atoms with Crippen LogP contribution in [-0.2, 0) is 14.3 Å². The zero-order chi connectivity index (χ0) is 19.1. The summed E-state index contributed by atoms with van der Waals surface area (Å²) < 4.78 is 18.3. The van der Waals surface area contributed by atoms with Crippen LogP contribution >= 0.6 is 24.8 Å². The second-order valence-corrected chi connectivity index (χ2v) is 6.87. The van der Waals surface area contributed by atoms with E-state index in [4.69, 9.17) is 4.74 Å². The maximum absolute atomic E-state index is 13.0. The molecule has 10 heteroatoms. The molecule has 2 N–H and O–H groups in total. The van der Waals surface area contributed by atoms with Gasteiger partial charge in [-0.05, 0) is 24.3 Å². The molecule has 0 aromatic heterocycles. The van der Waals surface area contributed by atoms with Crippen LogP contribution in [0.4, 0.5) is 10.1 Å². The Bertz CT molecular complexity index is 637. The molecule has 1 unspecified atom stereocenters. The summed E-state index contributed by atoms with van der Waals surface area (Å²) in [6, 6.07) is 6.46. The number of hydrogen-bond donors (Lipinski definition) is 2. The third kappa shape index (κ3) is 7.97. The number of piperazine rings is 1. The number of hydrogen-bond acceptors (Lipinski definition) is 5. The van der Waals surface area contributed by atoms with Crippen molar-refractivity contribution in [2.24, 2.45) is 0 Å². The molecule has 0 bridgehead atoms. The summed E-state index contributed by atoms with van der Waals surface area (Å²) in [5.41, 5.74) is 0.969. The topological polar surface area (TPSA) is 73.9 Å². The lowest BCUT2D eigenvalue weighted by Crippen LogP contribution is -2.49. The predicted molar refractivity (Wildman–Crippen MR) is 115 cm³/mol. The number of nitrogens with one attached hydrogen (secondary N) is 2. The average molecular weight is 451 g/mol. The van der Waals surface area contributed by atoms with Crippen molar-refractivity contribution < 1.29 is 18.7 Å². The number of ether oxygens (including phenoxy) is 1. The van der Waals surface area contributed by atoms with Crippen LogP contribution in [0.1, 0.15) is 12.8 Å². The van der Waals surface area contributed by atoms with Gasteiger partial charge in [0.25, 0.3) is 0 Å². The Balaban J connectivity index is 0.00000210. The molecule has 7 nitrogen and oxygen atoms in total. The summed E-state index contributed by atoms with van der Waals surface area (Å²) in [4.78, 5) is 28.2. The molecule has 0 spiro atoms. The molecule has 2 saturated heterocycles. The van der Waals surface area contributed by atoms with Crippen LogP contribution in [0.15, 0.2) is 24.3 Å². The summed E-state index contributed by atoms with van der Waals surface area (Å²) in [6.07, 6.45) is 0.668. The molecule has 2 fully saturated rings. The molecule has 0 saturated carbocycles. The van der Waals surface area contributed by atoms with Crippen molar-refractivity contribution in [1.82, 2.24) is 15.5 Å². The number of amides is 2. The normalized spacial score (nSPS) is 19.0. The largest absolute Gasteiger partial charge is 0.378 e. The zero-order valence-electron chi connectivity index (χ0n) is 16.3. The first-order valence-electron chi connectivity index (χ1n) is 9.48. The van der Waals surface area contributed by atoms with Gasteiger partial charge in [0.2, 0.25) is 11.8 Å². The van der Waals surface area contributed by atoms with Gasteiger partial charge in [-0.3, -0.25) is 9.59 Å². The molecular formula is C19H29Cl2FN4O3. The Hall–Kier alpha value is -1.61. The Morgan fingerprint density at radius 1 is 1.14 bits per heavy atom. The Morgan fingerprint density at radius 2 is 1.83 bits per heavy atom. The minimum absolute atomic E-state index is 0. The molecule has 1 aromatic carbocycles. The number of benzene rings is 1. The van der Waals surface area contributed by atoms with E-state index in [9.17, 15) is 14.0 Å². The Labute approximate surface area is 183 Å². The lowest BCUT2D eigenvalue weighted by molar-refractivity contribution is -0.131. The Morgan fingerprint density at radius 3 is 2.45 bits per heavy atom. The molecule has 0 aliphatic carbocycles. The number of anilines is 1. The number of carbonyl (C=O) groups excluding carboxylic acids is 2. The summed E-state index contributed by atoms with van der Waals surface area (Å²) in [6.45, 7) is 5.05. The highest BCUT2D eigenvalue weighted by Crippen LogP contribution is 2.17. The van der Waals surface area contributed by atoms with Crippen molar-refractivity contribution >= 4 is 42.3 Å². The van der Waals surface area contributed by atoms with Crippen molar-refractivity contribution in [2.75, 3.05) is 57.4 Å². The van der Waals surface area contributed by atoms with E-state index < -0.39 is 0 Å². The van der Waals surface area contributed by atoms with E-state index >= 15 is 0 Å². The van der Waals surface area contributed by atoms with Gasteiger partial charge in [-0.15, -0.1) is 24.8 Å². The molecule has 2 aliphatic rings. The number of halogens is 3. The van der Waals surface area contributed by atoms with Crippen molar-refractivity contribution in [3.05, 3.63) is 30.1 Å². The molecule has 2 amide bonds. The number of nitrogens with zero attached hydrogens (tertiary/aromatic N) is 2. The molecule has 2 aliphatic heterocycles. The molecule has 164 valence electrons. The molecular weight excluding hydrogens is 422 g/mol. The second-order valence-electron chi connectivity index (χ2n) is 6.87. The first-order valence-corrected chi connectivity index (χ1v) is 9.48. The van der Waals surface area contributed by atoms with E-state index in [0.717, 1.165) is 25.3 Å². The fourth-order valence-electron chi connectivity index (χ4n) is 3.38. The first kappa shape index (κ1) is 25.4. The maximum atomic E-state index is 13.0. The minimum Gasteiger partial charge on any atom is -0.378 e. The molecule has 1 aromatic rings. The van der Waals surface area contributed by atoms with Gasteiger partial charge in [-0.25, -0.2) is 4.39 Å². The number of rotatable bonds is 6. The van der Waals surface area contributed by atoms with Gasteiger partial charge in [0.15, 0.2) is 0 Å². The van der Waals surface area contributed by atoms with E-state index in [0.29, 0.717) is 45.7 Å². The van der Waals surface area contributed by atoms with Crippen LogP contribution in [0, 0.1) is 5.82 Å². The van der Waals surface area contributed by atoms with Crippen LogP contribution in [0.2, 0.25) is 0 Å². The van der Waals surface area contributed by atoms with Crippen LogP contribution in [0.5, 0.6) is 0 Å². The van der Waals surface area contributed by atoms with Crippen molar-refractivity contribution in [2.45, 2.75) is 18.9 Å². The highest BCUT2D eigenvalue weighted by Gasteiger charge is 2.21. The van der Waals surface area contributed by atoms with Crippen molar-refractivity contribution in [1.29, 1.82) is 0 Å². The molecule has 1 atom stereocenters. The van der Waals surface area contributed by atoms with E-state index in [1.807, 2.05) is 4.90 Å². The molecule has 3 rings (SSSR count). The fraction of sp³-hybridized carbons (Fsp3) is 0.579. The summed E-state index contributed by atoms with van der Waals surface area (Å²) in [5.74, 6) is -0.262. The van der Waals surface area contributed by atoms with Crippen molar-refractivity contribution in [3.63, 3.8) is 0 Å². The fourth-order valence-corrected chi connectivity index (χ4v) is 3.38. The van der Waals surface area contributed by atoms with Crippen LogP contribution < -0.4 is 15.5 Å². The summed E-state index contributed by atoms with van der Waals surface area (Å²) in [7, 11) is 0. The zero-order valence-corrected chi connectivity index (χ0v) is 17.9. The van der Waals surface area contributed by atoms with E-state index in [1.54, 1.807) is 12.1 Å². The summed E-state index contributed by atoms with van der Waals surface area (Å²) >= 11 is 0. The third-order valence-electron chi connectivity index (χ3n) is 4.92. The Kier molecular flexibility index (Phi) is 11.3. The van der Waals surface area contributed by atoms with Crippen LogP contribution in [0.3, 0.4) is 0 Å². The van der Waals surface area contributed by atoms with Crippen LogP contribution in [-0.4, -0.2) is 75.2 Å². The average Bonchev–Trinajstić information content (AvgIpc) is 2.69. The lowest BCUT2D eigenvalue weighted by atomic mass is 10.2. The van der Waals surface area contributed by atoms with E-state index in [-0.39, 0.29) is 48.5 Å². The third-order valence-corrected chi connectivity index (χ3v) is 4.92. The first-order chi connectivity index (χ1) is 13.1. The number of carbonyl (C=O) groups is 2. The summed E-state index contributed by atoms with van der Waals surface area (Å²) in [5, 5.41) is 6.05. The SMILES string of the molecule is Cl.Cl.O=C(CC1COCCN1)NCCC(=O)N1CCN(c2ccc(F)cc2)CC1. The number of morpholine rings is 1. The van der Waals surface area contributed by atoms with Gasteiger partial charge in [-0.1, -0.05) is 0 Å². The quantitative estimate of drug-likeness (QED) is 0.680. The van der Waals surface area contributed by atoms with Crippen LogP contribution in [0.25, 0.3) is 0 Å². The maximum Gasteiger partial charge on any atom is 0.224 e. The molecule has 0 radical (unpaired) electrons. The van der Waals surface area contributed by atoms with Gasteiger partial charge < -0.3 is 25.2 Å². The standard InChI is InChI=1S/C19H27FN4O3.2ClH/c20-15-1-3-17(4-2-15)23-8-10-24(11-9-23)19(26)5-6-22-18(25)13-16-14-27-12-7-21-16;;/h1-4,16,21H,5-14H2,(H,22,25);2*1H. The van der Waals surface area contributed by atoms with Gasteiger partial charge in [-0.2, -0.15) is 0 Å². The highest BCUT2D eigenvalue weighted by molar-refractivity contribution is 5.85. The van der Waals surface area contributed by atoms with E-state index in [2.05, 4.69) is 15.5 Å². The lowest BCUT2D eigenvalue weighted by Gasteiger charge is -2.36. The molecule has 29 heavy (non-hydrogen) atoms. The van der Waals surface area contributed by atoms with Gasteiger partial charge in [0.1, 0.15) is 5.82 Å². The highest BCUT2D eigenvalue weighted by atomic mass is 35.5. The minimum atomic E-state index is -0.249. The second kappa shape index (κ2) is 12.8. The monoisotopic (exact) mass is 450 g/mol. The smallest absolute Gasteiger partial charge is 0.224 e. The predicted octanol–water partition coefficient (Wildman–Crippen LogP) is 1.20. The van der Waals surface area contributed by atoms with E-state index in [1.165, 1.54) is 12.1 Å². The van der Waals surface area contributed by atoms with Gasteiger partial charge in [0, 0.05) is 63.8 Å². The van der Waals surface area contributed by atoms with Gasteiger partial charge in [0.05, 0.1) is 13.2 Å². The van der Waals surface area contributed by atoms with Gasteiger partial charge >= 0.3 is 0 Å². The molecule has 2 heterocycles. The van der Waals surface area contributed by atoms with Crippen molar-refractivity contribution in [3.8, 4) is 0 Å².